The van der Waals surface area contributed by atoms with Gasteiger partial charge in [-0.15, -0.1) is 0 Å². The number of fused-ring (bicyclic) bond motifs is 1. The van der Waals surface area contributed by atoms with Gasteiger partial charge in [0.05, 0.1) is 5.39 Å². The lowest BCUT2D eigenvalue weighted by molar-refractivity contribution is 0.440. The molecule has 0 bridgehead atoms. The molecular formula is C22H27N5O2. The van der Waals surface area contributed by atoms with Crippen molar-refractivity contribution in [2.75, 3.05) is 30.8 Å². The Morgan fingerprint density at radius 3 is 2.76 bits per heavy atom. The number of nitrogens with two attached hydrogens (primary N) is 1. The summed E-state index contributed by atoms with van der Waals surface area (Å²) in [5.41, 5.74) is 8.82. The van der Waals surface area contributed by atoms with E-state index in [1.54, 1.807) is 12.3 Å². The topological polar surface area (TPSA) is 96.5 Å². The predicted molar refractivity (Wildman–Crippen MR) is 116 cm³/mol. The first-order valence-electron chi connectivity index (χ1n) is 9.84. The molecule has 2 aromatic heterocycles. The fraction of sp³-hybridized carbons (Fsp3) is 0.364. The third kappa shape index (κ3) is 3.42. The molecule has 4 rings (SSSR count). The molecule has 3 aromatic rings. The van der Waals surface area contributed by atoms with Gasteiger partial charge in [0.1, 0.15) is 23.1 Å². The Labute approximate surface area is 170 Å². The van der Waals surface area contributed by atoms with Gasteiger partial charge < -0.3 is 25.8 Å². The zero-order valence-corrected chi connectivity index (χ0v) is 17.3. The van der Waals surface area contributed by atoms with Gasteiger partial charge in [-0.25, -0.2) is 4.98 Å². The van der Waals surface area contributed by atoms with Crippen molar-refractivity contribution in [1.29, 1.82) is 0 Å². The van der Waals surface area contributed by atoms with E-state index >= 15 is 0 Å². The van der Waals surface area contributed by atoms with Gasteiger partial charge in [-0.1, -0.05) is 6.07 Å². The fourth-order valence-electron chi connectivity index (χ4n) is 3.88. The standard InChI is InChI=1S/C22H27N5O2/c1-12-5-6-17(28)14(3)20(12)29-22-19-16(13(2)10-25-21(19)23)9-18(26-22)27-8-7-15(11-27)24-4/h5-6,9-10,15,24,28H,7-8,11H2,1-4H3,(H2,23,25)/t15-/m1/s1. The summed E-state index contributed by atoms with van der Waals surface area (Å²) in [5, 5.41) is 15.2. The lowest BCUT2D eigenvalue weighted by Gasteiger charge is -2.21. The lowest BCUT2D eigenvalue weighted by Crippen LogP contribution is -2.29. The Morgan fingerprint density at radius 2 is 2.03 bits per heavy atom. The molecule has 0 radical (unpaired) electrons. The zero-order chi connectivity index (χ0) is 20.7. The van der Waals surface area contributed by atoms with E-state index in [1.807, 2.05) is 33.9 Å². The lowest BCUT2D eigenvalue weighted by atomic mass is 10.1. The second-order valence-electron chi connectivity index (χ2n) is 7.71. The first kappa shape index (κ1) is 19.3. The largest absolute Gasteiger partial charge is 0.508 e. The third-order valence-corrected chi connectivity index (χ3v) is 5.74. The van der Waals surface area contributed by atoms with E-state index in [0.29, 0.717) is 34.4 Å². The van der Waals surface area contributed by atoms with Crippen LogP contribution in [0.4, 0.5) is 11.6 Å². The summed E-state index contributed by atoms with van der Waals surface area (Å²) in [7, 11) is 1.99. The van der Waals surface area contributed by atoms with Gasteiger partial charge in [0.25, 0.3) is 0 Å². The molecule has 7 heteroatoms. The van der Waals surface area contributed by atoms with Crippen LogP contribution in [0.2, 0.25) is 0 Å². The summed E-state index contributed by atoms with van der Waals surface area (Å²) in [4.78, 5) is 11.4. The highest BCUT2D eigenvalue weighted by atomic mass is 16.5. The molecule has 1 atom stereocenters. The van der Waals surface area contributed by atoms with Crippen LogP contribution >= 0.6 is 0 Å². The number of nitrogens with one attached hydrogen (secondary N) is 1. The molecule has 0 saturated carbocycles. The van der Waals surface area contributed by atoms with Crippen molar-refractivity contribution in [3.63, 3.8) is 0 Å². The van der Waals surface area contributed by atoms with Gasteiger partial charge in [0.2, 0.25) is 5.88 Å². The van der Waals surface area contributed by atoms with E-state index in [4.69, 9.17) is 15.5 Å². The molecular weight excluding hydrogens is 366 g/mol. The number of pyridine rings is 2. The van der Waals surface area contributed by atoms with Crippen LogP contribution in [0, 0.1) is 20.8 Å². The number of hydrogen-bond donors (Lipinski definition) is 3. The van der Waals surface area contributed by atoms with E-state index < -0.39 is 0 Å². The minimum atomic E-state index is 0.185. The molecule has 1 fully saturated rings. The molecule has 3 heterocycles. The van der Waals surface area contributed by atoms with Crippen molar-refractivity contribution in [3.8, 4) is 17.4 Å². The Balaban J connectivity index is 1.88. The van der Waals surface area contributed by atoms with Crippen LogP contribution in [-0.2, 0) is 0 Å². The minimum Gasteiger partial charge on any atom is -0.508 e. The summed E-state index contributed by atoms with van der Waals surface area (Å²) in [6, 6.07) is 6.00. The SMILES string of the molecule is CN[C@@H]1CCN(c2cc3c(C)cnc(N)c3c(Oc3c(C)ccc(O)c3C)n2)C1. The molecule has 1 aliphatic heterocycles. The van der Waals surface area contributed by atoms with E-state index in [9.17, 15) is 5.11 Å². The quantitative estimate of drug-likeness (QED) is 0.625. The van der Waals surface area contributed by atoms with E-state index in [2.05, 4.69) is 21.3 Å². The van der Waals surface area contributed by atoms with Crippen LogP contribution in [0.25, 0.3) is 10.8 Å². The number of aromatic nitrogens is 2. The van der Waals surface area contributed by atoms with Crippen molar-refractivity contribution in [2.45, 2.75) is 33.2 Å². The maximum Gasteiger partial charge on any atom is 0.232 e. The monoisotopic (exact) mass is 393 g/mol. The maximum atomic E-state index is 10.1. The summed E-state index contributed by atoms with van der Waals surface area (Å²) < 4.78 is 6.29. The zero-order valence-electron chi connectivity index (χ0n) is 17.3. The number of nitrogens with zero attached hydrogens (tertiary/aromatic N) is 3. The van der Waals surface area contributed by atoms with Crippen molar-refractivity contribution in [2.24, 2.45) is 0 Å². The Bertz CT molecular complexity index is 1080. The maximum absolute atomic E-state index is 10.1. The molecule has 152 valence electrons. The van der Waals surface area contributed by atoms with Gasteiger partial charge in [-0.2, -0.15) is 4.98 Å². The molecule has 0 unspecified atom stereocenters. The summed E-state index contributed by atoms with van der Waals surface area (Å²) in [5.74, 6) is 2.42. The average Bonchev–Trinajstić information content (AvgIpc) is 3.20. The number of aromatic hydroxyl groups is 1. The number of nitrogen functional groups attached to an aromatic ring is 1. The molecule has 7 nitrogen and oxygen atoms in total. The summed E-state index contributed by atoms with van der Waals surface area (Å²) in [6.45, 7) is 7.59. The Kier molecular flexibility index (Phi) is 4.92. The molecule has 4 N–H and O–H groups in total. The average molecular weight is 393 g/mol. The number of benzene rings is 1. The first-order valence-corrected chi connectivity index (χ1v) is 9.84. The number of phenols is 1. The first-order chi connectivity index (χ1) is 13.9. The molecule has 0 amide bonds. The van der Waals surface area contributed by atoms with Crippen LogP contribution in [0.15, 0.2) is 24.4 Å². The second-order valence-corrected chi connectivity index (χ2v) is 7.71. The van der Waals surface area contributed by atoms with E-state index in [0.717, 1.165) is 41.8 Å². The van der Waals surface area contributed by atoms with Gasteiger partial charge in [-0.05, 0) is 62.9 Å². The molecule has 1 aliphatic rings. The molecule has 0 aliphatic carbocycles. The van der Waals surface area contributed by atoms with Gasteiger partial charge >= 0.3 is 0 Å². The highest BCUT2D eigenvalue weighted by molar-refractivity contribution is 5.98. The van der Waals surface area contributed by atoms with Crippen molar-refractivity contribution < 1.29 is 9.84 Å². The molecule has 1 aromatic carbocycles. The molecule has 0 spiro atoms. The molecule has 29 heavy (non-hydrogen) atoms. The van der Waals surface area contributed by atoms with Gasteiger partial charge in [0.15, 0.2) is 0 Å². The van der Waals surface area contributed by atoms with Crippen LogP contribution in [0.5, 0.6) is 17.4 Å². The van der Waals surface area contributed by atoms with Crippen LogP contribution < -0.4 is 20.7 Å². The highest BCUT2D eigenvalue weighted by Gasteiger charge is 2.25. The predicted octanol–water partition coefficient (Wildman–Crippen LogP) is 3.43. The number of phenolic OH excluding ortho intramolecular Hbond substituents is 1. The number of rotatable bonds is 4. The van der Waals surface area contributed by atoms with E-state index in [-0.39, 0.29) is 5.75 Å². The normalized spacial score (nSPS) is 16.6. The van der Waals surface area contributed by atoms with Crippen LogP contribution in [-0.4, -0.2) is 41.3 Å². The van der Waals surface area contributed by atoms with Crippen molar-refractivity contribution in [3.05, 3.63) is 41.1 Å². The summed E-state index contributed by atoms with van der Waals surface area (Å²) >= 11 is 0. The number of hydrogen-bond acceptors (Lipinski definition) is 7. The minimum absolute atomic E-state index is 0.185. The smallest absolute Gasteiger partial charge is 0.232 e. The van der Waals surface area contributed by atoms with E-state index in [1.165, 1.54) is 0 Å². The highest BCUT2D eigenvalue weighted by Crippen LogP contribution is 2.39. The van der Waals surface area contributed by atoms with Crippen LogP contribution in [0.1, 0.15) is 23.1 Å². The van der Waals surface area contributed by atoms with Crippen molar-refractivity contribution >= 4 is 22.4 Å². The number of ether oxygens (including phenoxy) is 1. The molecule has 1 saturated heterocycles. The second kappa shape index (κ2) is 7.40. The Morgan fingerprint density at radius 1 is 1.24 bits per heavy atom. The Hall–Kier alpha value is -3.06. The van der Waals surface area contributed by atoms with Gasteiger partial charge in [0, 0.05) is 30.9 Å². The summed E-state index contributed by atoms with van der Waals surface area (Å²) in [6.07, 6.45) is 2.84. The fourth-order valence-corrected chi connectivity index (χ4v) is 3.88. The number of aryl methyl sites for hydroxylation is 2. The van der Waals surface area contributed by atoms with Crippen molar-refractivity contribution in [1.82, 2.24) is 15.3 Å². The number of likely N-dealkylation sites (N-methyl/N-ethyl adjacent to an activating group) is 1. The van der Waals surface area contributed by atoms with Gasteiger partial charge in [-0.3, -0.25) is 0 Å². The third-order valence-electron chi connectivity index (χ3n) is 5.74. The number of anilines is 2. The van der Waals surface area contributed by atoms with Crippen LogP contribution in [0.3, 0.4) is 0 Å².